The van der Waals surface area contributed by atoms with Crippen molar-refractivity contribution in [3.8, 4) is 5.75 Å². The molecule has 2 aromatic rings. The van der Waals surface area contributed by atoms with Crippen LogP contribution in [0.4, 0.5) is 24.5 Å². The molecule has 2 rings (SSSR count). The first-order chi connectivity index (χ1) is 10.9. The lowest BCUT2D eigenvalue weighted by molar-refractivity contribution is -0.133. The summed E-state index contributed by atoms with van der Waals surface area (Å²) in [5.74, 6) is -6.63. The van der Waals surface area contributed by atoms with Crippen LogP contribution >= 0.6 is 0 Å². The zero-order valence-electron chi connectivity index (χ0n) is 11.8. The maximum Gasteiger partial charge on any atom is 0.314 e. The van der Waals surface area contributed by atoms with Gasteiger partial charge in [-0.3, -0.25) is 9.59 Å². The Bertz CT molecular complexity index is 766. The lowest BCUT2D eigenvalue weighted by Gasteiger charge is -2.08. The first kappa shape index (κ1) is 16.3. The average molecular weight is 324 g/mol. The number of carbonyl (C=O) groups is 2. The van der Waals surface area contributed by atoms with E-state index in [2.05, 4.69) is 5.32 Å². The average Bonchev–Trinajstić information content (AvgIpc) is 2.55. The predicted octanol–water partition coefficient (Wildman–Crippen LogP) is 2.69. The van der Waals surface area contributed by atoms with E-state index in [-0.39, 0.29) is 5.69 Å². The van der Waals surface area contributed by atoms with Crippen molar-refractivity contribution in [2.24, 2.45) is 0 Å². The van der Waals surface area contributed by atoms with Gasteiger partial charge < -0.3 is 15.4 Å². The number of hydrogen-bond acceptors (Lipinski definition) is 3. The van der Waals surface area contributed by atoms with Gasteiger partial charge in [0, 0.05) is 11.8 Å². The zero-order chi connectivity index (χ0) is 17.0. The van der Waals surface area contributed by atoms with Gasteiger partial charge in [0.05, 0.1) is 12.8 Å². The molecular formula is C15H11F3N2O3. The Hall–Kier alpha value is -3.03. The molecule has 23 heavy (non-hydrogen) atoms. The molecule has 0 aliphatic rings. The fourth-order valence-electron chi connectivity index (χ4n) is 1.69. The van der Waals surface area contributed by atoms with Crippen LogP contribution in [0.2, 0.25) is 0 Å². The summed E-state index contributed by atoms with van der Waals surface area (Å²) < 4.78 is 44.2. The van der Waals surface area contributed by atoms with Crippen molar-refractivity contribution in [1.29, 1.82) is 0 Å². The van der Waals surface area contributed by atoms with Crippen LogP contribution in [0, 0.1) is 17.5 Å². The third-order valence-electron chi connectivity index (χ3n) is 2.82. The number of halogens is 3. The highest BCUT2D eigenvalue weighted by molar-refractivity contribution is 6.43. The second kappa shape index (κ2) is 6.82. The summed E-state index contributed by atoms with van der Waals surface area (Å²) in [6, 6.07) is 7.63. The second-order valence-corrected chi connectivity index (χ2v) is 4.36. The molecule has 0 aromatic heterocycles. The molecule has 0 spiro atoms. The molecule has 0 unspecified atom stereocenters. The molecule has 0 aliphatic carbocycles. The SMILES string of the molecule is COc1cccc(NC(=O)C(=O)Nc2ccc(F)c(F)c2F)c1. The van der Waals surface area contributed by atoms with Gasteiger partial charge in [-0.25, -0.2) is 13.2 Å². The number of hydrogen-bond donors (Lipinski definition) is 2. The molecule has 120 valence electrons. The first-order valence-electron chi connectivity index (χ1n) is 6.32. The van der Waals surface area contributed by atoms with Crippen molar-refractivity contribution in [2.45, 2.75) is 0 Å². The van der Waals surface area contributed by atoms with Crippen LogP contribution < -0.4 is 15.4 Å². The standard InChI is InChI=1S/C15H11F3N2O3/c1-23-9-4-2-3-8(7-9)19-14(21)15(22)20-11-6-5-10(16)12(17)13(11)18/h2-7H,1H3,(H,19,21)(H,20,22). The lowest BCUT2D eigenvalue weighted by atomic mass is 10.2. The molecule has 0 fully saturated rings. The van der Waals surface area contributed by atoms with Gasteiger partial charge >= 0.3 is 11.8 Å². The van der Waals surface area contributed by atoms with Gasteiger partial charge in [-0.15, -0.1) is 0 Å². The van der Waals surface area contributed by atoms with E-state index in [1.807, 2.05) is 5.32 Å². The number of anilines is 2. The third kappa shape index (κ3) is 3.79. The lowest BCUT2D eigenvalue weighted by Crippen LogP contribution is -2.29. The summed E-state index contributed by atoms with van der Waals surface area (Å²) >= 11 is 0. The molecule has 2 aromatic carbocycles. The van der Waals surface area contributed by atoms with Gasteiger partial charge in [0.2, 0.25) is 0 Å². The Labute approximate surface area is 129 Å². The van der Waals surface area contributed by atoms with E-state index in [1.165, 1.54) is 19.2 Å². The van der Waals surface area contributed by atoms with Gasteiger partial charge in [-0.2, -0.15) is 0 Å². The van der Waals surface area contributed by atoms with E-state index in [0.29, 0.717) is 11.8 Å². The summed E-state index contributed by atoms with van der Waals surface area (Å²) in [4.78, 5) is 23.4. The Balaban J connectivity index is 2.08. The van der Waals surface area contributed by atoms with E-state index < -0.39 is 35.0 Å². The molecule has 2 amide bonds. The van der Waals surface area contributed by atoms with Gasteiger partial charge in [0.25, 0.3) is 0 Å². The van der Waals surface area contributed by atoms with Crippen LogP contribution in [-0.4, -0.2) is 18.9 Å². The van der Waals surface area contributed by atoms with Gasteiger partial charge in [0.15, 0.2) is 17.5 Å². The highest BCUT2D eigenvalue weighted by atomic mass is 19.2. The van der Waals surface area contributed by atoms with Crippen molar-refractivity contribution in [1.82, 2.24) is 0 Å². The second-order valence-electron chi connectivity index (χ2n) is 4.36. The summed E-state index contributed by atoms with van der Waals surface area (Å²) in [7, 11) is 1.43. The summed E-state index contributed by atoms with van der Waals surface area (Å²) in [5, 5.41) is 4.12. The van der Waals surface area contributed by atoms with E-state index in [4.69, 9.17) is 4.74 Å². The number of carbonyl (C=O) groups excluding carboxylic acids is 2. The molecule has 0 aliphatic heterocycles. The quantitative estimate of drug-likeness (QED) is 0.674. The van der Waals surface area contributed by atoms with Crippen molar-refractivity contribution < 1.29 is 27.5 Å². The fraction of sp³-hybridized carbons (Fsp3) is 0.0667. The van der Waals surface area contributed by atoms with Crippen LogP contribution in [-0.2, 0) is 9.59 Å². The maximum absolute atomic E-state index is 13.4. The van der Waals surface area contributed by atoms with E-state index in [9.17, 15) is 22.8 Å². The molecule has 0 heterocycles. The molecule has 5 nitrogen and oxygen atoms in total. The van der Waals surface area contributed by atoms with Crippen LogP contribution in [0.5, 0.6) is 5.75 Å². The smallest absolute Gasteiger partial charge is 0.314 e. The van der Waals surface area contributed by atoms with E-state index in [0.717, 1.165) is 6.07 Å². The summed E-state index contributed by atoms with van der Waals surface area (Å²) in [6.07, 6.45) is 0. The monoisotopic (exact) mass is 324 g/mol. The van der Waals surface area contributed by atoms with E-state index >= 15 is 0 Å². The topological polar surface area (TPSA) is 67.4 Å². The van der Waals surface area contributed by atoms with Gasteiger partial charge in [-0.05, 0) is 24.3 Å². The van der Waals surface area contributed by atoms with E-state index in [1.54, 1.807) is 12.1 Å². The number of amides is 2. The Kier molecular flexibility index (Phi) is 4.85. The molecule has 0 bridgehead atoms. The molecule has 0 saturated heterocycles. The van der Waals surface area contributed by atoms with Crippen LogP contribution in [0.3, 0.4) is 0 Å². The third-order valence-corrected chi connectivity index (χ3v) is 2.82. The number of rotatable bonds is 3. The molecule has 0 radical (unpaired) electrons. The highest BCUT2D eigenvalue weighted by Gasteiger charge is 2.19. The van der Waals surface area contributed by atoms with Crippen molar-refractivity contribution in [3.05, 3.63) is 53.8 Å². The van der Waals surface area contributed by atoms with Crippen molar-refractivity contribution in [3.63, 3.8) is 0 Å². The number of nitrogens with one attached hydrogen (secondary N) is 2. The number of ether oxygens (including phenoxy) is 1. The normalized spacial score (nSPS) is 10.1. The maximum atomic E-state index is 13.4. The summed E-state index contributed by atoms with van der Waals surface area (Å²) in [6.45, 7) is 0. The van der Waals surface area contributed by atoms with Crippen molar-refractivity contribution in [2.75, 3.05) is 17.7 Å². The zero-order valence-corrected chi connectivity index (χ0v) is 11.8. The van der Waals surface area contributed by atoms with Gasteiger partial charge in [0.1, 0.15) is 5.75 Å². The number of benzene rings is 2. The largest absolute Gasteiger partial charge is 0.497 e. The molecule has 0 atom stereocenters. The minimum Gasteiger partial charge on any atom is -0.497 e. The van der Waals surface area contributed by atoms with Crippen LogP contribution in [0.15, 0.2) is 36.4 Å². The highest BCUT2D eigenvalue weighted by Crippen LogP contribution is 2.20. The molecular weight excluding hydrogens is 313 g/mol. The molecule has 8 heteroatoms. The Morgan fingerprint density at radius 1 is 0.957 bits per heavy atom. The Morgan fingerprint density at radius 2 is 1.65 bits per heavy atom. The van der Waals surface area contributed by atoms with Crippen molar-refractivity contribution >= 4 is 23.2 Å². The minimum absolute atomic E-state index is 0.273. The first-order valence-corrected chi connectivity index (χ1v) is 6.32. The Morgan fingerprint density at radius 3 is 2.35 bits per heavy atom. The van der Waals surface area contributed by atoms with Gasteiger partial charge in [-0.1, -0.05) is 6.07 Å². The molecule has 0 saturated carbocycles. The predicted molar refractivity (Wildman–Crippen MR) is 76.6 cm³/mol. The summed E-state index contributed by atoms with van der Waals surface area (Å²) in [5.41, 5.74) is -0.370. The minimum atomic E-state index is -1.74. The van der Waals surface area contributed by atoms with Crippen LogP contribution in [0.1, 0.15) is 0 Å². The van der Waals surface area contributed by atoms with Crippen LogP contribution in [0.25, 0.3) is 0 Å². The number of methoxy groups -OCH3 is 1. The molecule has 2 N–H and O–H groups in total. The fourth-order valence-corrected chi connectivity index (χ4v) is 1.69.